The normalized spacial score (nSPS) is 28.3. The summed E-state index contributed by atoms with van der Waals surface area (Å²) in [6.45, 7) is 3.33. The molecule has 0 aromatic heterocycles. The quantitative estimate of drug-likeness (QED) is 0.570. The lowest BCUT2D eigenvalue weighted by Crippen LogP contribution is -2.57. The van der Waals surface area contributed by atoms with Gasteiger partial charge < -0.3 is 10.1 Å². The van der Waals surface area contributed by atoms with Crippen LogP contribution in [0.2, 0.25) is 0 Å². The summed E-state index contributed by atoms with van der Waals surface area (Å²) in [6, 6.07) is 0.0936. The molecule has 5 nitrogen and oxygen atoms in total. The predicted molar refractivity (Wildman–Crippen MR) is 48.1 cm³/mol. The smallest absolute Gasteiger partial charge is 0.217 e. The van der Waals surface area contributed by atoms with Gasteiger partial charge in [-0.25, -0.2) is 0 Å². The molecule has 2 heterocycles. The van der Waals surface area contributed by atoms with Crippen molar-refractivity contribution in [2.45, 2.75) is 24.9 Å². The van der Waals surface area contributed by atoms with Crippen molar-refractivity contribution in [2.24, 2.45) is 0 Å². The highest BCUT2D eigenvalue weighted by atomic mass is 16.5. The van der Waals surface area contributed by atoms with Gasteiger partial charge in [0.2, 0.25) is 5.91 Å². The van der Waals surface area contributed by atoms with Gasteiger partial charge in [-0.1, -0.05) is 0 Å². The molecule has 2 fully saturated rings. The number of ether oxygens (including phenoxy) is 1. The third-order valence-corrected chi connectivity index (χ3v) is 2.87. The summed E-state index contributed by atoms with van der Waals surface area (Å²) in [5.41, 5.74) is -0.123. The van der Waals surface area contributed by atoms with Crippen molar-refractivity contribution in [2.75, 3.05) is 19.8 Å². The van der Waals surface area contributed by atoms with Gasteiger partial charge in [-0.2, -0.15) is 5.26 Å². The fourth-order valence-electron chi connectivity index (χ4n) is 2.19. The molecule has 14 heavy (non-hydrogen) atoms. The summed E-state index contributed by atoms with van der Waals surface area (Å²) < 4.78 is 5.14. The van der Waals surface area contributed by atoms with Crippen LogP contribution in [-0.4, -0.2) is 42.1 Å². The Morgan fingerprint density at radius 1 is 1.71 bits per heavy atom. The van der Waals surface area contributed by atoms with Crippen LogP contribution in [0.4, 0.5) is 0 Å². The van der Waals surface area contributed by atoms with E-state index in [1.54, 1.807) is 4.90 Å². The van der Waals surface area contributed by atoms with Gasteiger partial charge in [0.1, 0.15) is 0 Å². The van der Waals surface area contributed by atoms with Crippen LogP contribution in [0.25, 0.3) is 0 Å². The zero-order valence-corrected chi connectivity index (χ0v) is 8.12. The molecule has 0 bridgehead atoms. The highest BCUT2D eigenvalue weighted by molar-refractivity contribution is 5.73. The minimum Gasteiger partial charge on any atom is -0.376 e. The van der Waals surface area contributed by atoms with E-state index in [1.807, 2.05) is 0 Å². The molecule has 5 heteroatoms. The molecular weight excluding hydrogens is 182 g/mol. The first-order valence-corrected chi connectivity index (χ1v) is 4.68. The second-order valence-corrected chi connectivity index (χ2v) is 4.03. The first-order valence-electron chi connectivity index (χ1n) is 4.68. The van der Waals surface area contributed by atoms with E-state index < -0.39 is 0 Å². The van der Waals surface area contributed by atoms with Crippen LogP contribution < -0.4 is 5.32 Å². The minimum absolute atomic E-state index is 0.0369. The van der Waals surface area contributed by atoms with Gasteiger partial charge in [0.25, 0.3) is 0 Å². The second kappa shape index (κ2) is 3.14. The maximum atomic E-state index is 10.9. The average molecular weight is 195 g/mol. The molecule has 76 valence electrons. The molecule has 1 spiro atoms. The molecule has 0 saturated carbocycles. The Balaban J connectivity index is 2.02. The molecule has 0 aliphatic carbocycles. The molecule has 2 aliphatic rings. The number of carbonyl (C=O) groups is 1. The molecule has 0 aromatic rings. The first kappa shape index (κ1) is 9.28. The highest BCUT2D eigenvalue weighted by Crippen LogP contribution is 2.35. The number of nitrogens with one attached hydrogen (secondary N) is 1. The lowest BCUT2D eigenvalue weighted by atomic mass is 9.93. The molecule has 2 saturated heterocycles. The second-order valence-electron chi connectivity index (χ2n) is 4.03. The zero-order valence-electron chi connectivity index (χ0n) is 8.12. The molecule has 2 aliphatic heterocycles. The molecule has 1 amide bonds. The highest BCUT2D eigenvalue weighted by Gasteiger charge is 2.51. The van der Waals surface area contributed by atoms with Crippen LogP contribution in [-0.2, 0) is 9.53 Å². The molecular formula is C9H13N3O2. The van der Waals surface area contributed by atoms with Gasteiger partial charge in [0, 0.05) is 19.5 Å². The summed E-state index contributed by atoms with van der Waals surface area (Å²) in [5.74, 6) is -0.0369. The maximum absolute atomic E-state index is 10.9. The third-order valence-electron chi connectivity index (χ3n) is 2.87. The van der Waals surface area contributed by atoms with E-state index in [2.05, 4.69) is 11.5 Å². The fourth-order valence-corrected chi connectivity index (χ4v) is 2.19. The van der Waals surface area contributed by atoms with Crippen LogP contribution in [0.1, 0.15) is 13.3 Å². The van der Waals surface area contributed by atoms with Crippen molar-refractivity contribution in [1.29, 1.82) is 5.26 Å². The standard InChI is InChI=1S/C9H13N3O2/c1-7(13)11-8-2-9(4-14-5-9)12(3-8)6-10/h8H,2-5H2,1H3,(H,11,13). The Morgan fingerprint density at radius 3 is 2.79 bits per heavy atom. The Hall–Kier alpha value is -1.28. The third kappa shape index (κ3) is 1.32. The lowest BCUT2D eigenvalue weighted by Gasteiger charge is -2.42. The van der Waals surface area contributed by atoms with E-state index >= 15 is 0 Å². The number of hydrogen-bond donors (Lipinski definition) is 1. The van der Waals surface area contributed by atoms with E-state index in [0.29, 0.717) is 19.8 Å². The van der Waals surface area contributed by atoms with Crippen molar-refractivity contribution in [1.82, 2.24) is 10.2 Å². The van der Waals surface area contributed by atoms with Crippen molar-refractivity contribution >= 4 is 5.91 Å². The fraction of sp³-hybridized carbons (Fsp3) is 0.778. The van der Waals surface area contributed by atoms with Crippen LogP contribution >= 0.6 is 0 Å². The molecule has 2 rings (SSSR count). The number of amides is 1. The van der Waals surface area contributed by atoms with Gasteiger partial charge in [-0.15, -0.1) is 0 Å². The van der Waals surface area contributed by atoms with Crippen molar-refractivity contribution in [3.8, 4) is 6.19 Å². The van der Waals surface area contributed by atoms with E-state index in [0.717, 1.165) is 6.42 Å². The minimum atomic E-state index is -0.123. The Morgan fingerprint density at radius 2 is 2.43 bits per heavy atom. The number of hydrogen-bond acceptors (Lipinski definition) is 4. The summed E-state index contributed by atoms with van der Waals surface area (Å²) >= 11 is 0. The van der Waals surface area contributed by atoms with Crippen molar-refractivity contribution < 1.29 is 9.53 Å². The zero-order chi connectivity index (χ0) is 10.2. The molecule has 1 N–H and O–H groups in total. The lowest BCUT2D eigenvalue weighted by molar-refractivity contribution is -0.119. The summed E-state index contributed by atoms with van der Waals surface area (Å²) in [6.07, 6.45) is 2.98. The Kier molecular flexibility index (Phi) is 2.08. The summed E-state index contributed by atoms with van der Waals surface area (Å²) in [4.78, 5) is 12.6. The maximum Gasteiger partial charge on any atom is 0.217 e. The van der Waals surface area contributed by atoms with Crippen LogP contribution in [0, 0.1) is 11.5 Å². The van der Waals surface area contributed by atoms with Gasteiger partial charge in [0.05, 0.1) is 18.8 Å². The molecule has 1 atom stereocenters. The average Bonchev–Trinajstić information content (AvgIpc) is 2.41. The molecule has 0 radical (unpaired) electrons. The van der Waals surface area contributed by atoms with Gasteiger partial charge >= 0.3 is 0 Å². The van der Waals surface area contributed by atoms with E-state index in [-0.39, 0.29) is 17.5 Å². The summed E-state index contributed by atoms with van der Waals surface area (Å²) in [5, 5.41) is 11.8. The van der Waals surface area contributed by atoms with Crippen LogP contribution in [0.15, 0.2) is 0 Å². The van der Waals surface area contributed by atoms with E-state index in [4.69, 9.17) is 10.00 Å². The van der Waals surface area contributed by atoms with Crippen molar-refractivity contribution in [3.63, 3.8) is 0 Å². The van der Waals surface area contributed by atoms with E-state index in [1.165, 1.54) is 6.92 Å². The number of rotatable bonds is 1. The topological polar surface area (TPSA) is 65.4 Å². The largest absolute Gasteiger partial charge is 0.376 e. The Labute approximate surface area is 82.6 Å². The molecule has 0 aromatic carbocycles. The van der Waals surface area contributed by atoms with Gasteiger partial charge in [-0.05, 0) is 6.42 Å². The number of likely N-dealkylation sites (tertiary alicyclic amines) is 1. The number of nitriles is 1. The number of carbonyl (C=O) groups excluding carboxylic acids is 1. The summed E-state index contributed by atoms with van der Waals surface area (Å²) in [7, 11) is 0. The first-order chi connectivity index (χ1) is 6.66. The molecule has 1 unspecified atom stereocenters. The SMILES string of the molecule is CC(=O)NC1CN(C#N)C2(COC2)C1. The predicted octanol–water partition coefficient (Wildman–Crippen LogP) is -0.553. The van der Waals surface area contributed by atoms with Crippen molar-refractivity contribution in [3.05, 3.63) is 0 Å². The van der Waals surface area contributed by atoms with Crippen LogP contribution in [0.3, 0.4) is 0 Å². The van der Waals surface area contributed by atoms with Crippen LogP contribution in [0.5, 0.6) is 0 Å². The van der Waals surface area contributed by atoms with E-state index in [9.17, 15) is 4.79 Å². The monoisotopic (exact) mass is 195 g/mol. The van der Waals surface area contributed by atoms with Gasteiger partial charge in [-0.3, -0.25) is 9.69 Å². The Bertz CT molecular complexity index is 293. The number of nitrogens with zero attached hydrogens (tertiary/aromatic N) is 2. The van der Waals surface area contributed by atoms with Gasteiger partial charge in [0.15, 0.2) is 6.19 Å².